The summed E-state index contributed by atoms with van der Waals surface area (Å²) in [6.07, 6.45) is 0. The van der Waals surface area contributed by atoms with Crippen LogP contribution in [0.1, 0.15) is 0 Å². The van der Waals surface area contributed by atoms with E-state index >= 15 is 0 Å². The van der Waals surface area contributed by atoms with Gasteiger partial charge in [0.05, 0.1) is 10.2 Å². The third kappa shape index (κ3) is 4.21. The molecule has 4 heterocycles. The van der Waals surface area contributed by atoms with Crippen molar-refractivity contribution in [3.63, 3.8) is 0 Å². The zero-order valence-corrected chi connectivity index (χ0v) is 26.3. The fraction of sp³-hybridized carbons (Fsp3) is 0. The maximum absolute atomic E-state index is 6.23. The van der Waals surface area contributed by atoms with Gasteiger partial charge in [-0.25, -0.2) is 19.9 Å². The highest BCUT2D eigenvalue weighted by Crippen LogP contribution is 2.45. The zero-order chi connectivity index (χ0) is 30.9. The predicted molar refractivity (Wildman–Crippen MR) is 195 cm³/mol. The van der Waals surface area contributed by atoms with Crippen molar-refractivity contribution in [1.29, 1.82) is 0 Å². The van der Waals surface area contributed by atoms with Crippen molar-refractivity contribution in [2.24, 2.45) is 0 Å². The van der Waals surface area contributed by atoms with Gasteiger partial charge in [-0.1, -0.05) is 103 Å². The Morgan fingerprint density at radius 3 is 1.89 bits per heavy atom. The van der Waals surface area contributed by atoms with Crippen molar-refractivity contribution >= 4 is 75.0 Å². The number of benzene rings is 6. The van der Waals surface area contributed by atoms with Crippen molar-refractivity contribution in [2.45, 2.75) is 0 Å². The molecule has 10 rings (SSSR count). The molecule has 0 saturated carbocycles. The molecule has 0 aliphatic rings. The van der Waals surface area contributed by atoms with Crippen LogP contribution in [-0.2, 0) is 0 Å². The molecule has 7 heteroatoms. The largest absolute Gasteiger partial charge is 0.456 e. The highest BCUT2D eigenvalue weighted by molar-refractivity contribution is 7.27. The van der Waals surface area contributed by atoms with Gasteiger partial charge in [0.15, 0.2) is 17.5 Å². The Morgan fingerprint density at radius 1 is 0.426 bits per heavy atom. The second kappa shape index (κ2) is 10.4. The van der Waals surface area contributed by atoms with Crippen LogP contribution in [0.2, 0.25) is 0 Å². The van der Waals surface area contributed by atoms with Crippen LogP contribution in [0.4, 0.5) is 0 Å². The van der Waals surface area contributed by atoms with E-state index in [0.29, 0.717) is 17.5 Å². The summed E-state index contributed by atoms with van der Waals surface area (Å²) in [5.41, 5.74) is 6.64. The molecule has 6 aromatic carbocycles. The minimum atomic E-state index is 0.610. The molecule has 0 bridgehead atoms. The molecule has 0 atom stereocenters. The number of nitrogens with zero attached hydrogens (tertiary/aromatic N) is 4. The van der Waals surface area contributed by atoms with Crippen LogP contribution in [0.3, 0.4) is 0 Å². The van der Waals surface area contributed by atoms with Gasteiger partial charge in [0.25, 0.3) is 0 Å². The normalized spacial score (nSPS) is 11.8. The van der Waals surface area contributed by atoms with Gasteiger partial charge in [-0.05, 0) is 30.3 Å². The number of hydrogen-bond acceptors (Lipinski definition) is 7. The number of aromatic nitrogens is 4. The molecule has 0 saturated heterocycles. The Bertz CT molecular complexity index is 2780. The van der Waals surface area contributed by atoms with Gasteiger partial charge in [-0.15, -0.1) is 22.7 Å². The lowest BCUT2D eigenvalue weighted by Gasteiger charge is -2.10. The molecule has 10 aromatic rings. The first-order valence-electron chi connectivity index (χ1n) is 15.3. The number of fused-ring (bicyclic) bond motifs is 7. The molecular formula is C40H22N4OS2. The van der Waals surface area contributed by atoms with Crippen molar-refractivity contribution in [3.8, 4) is 44.7 Å². The summed E-state index contributed by atoms with van der Waals surface area (Å²) in [5, 5.41) is 5.45. The van der Waals surface area contributed by atoms with Crippen LogP contribution in [0.25, 0.3) is 97.1 Å². The van der Waals surface area contributed by atoms with E-state index in [0.717, 1.165) is 59.4 Å². The van der Waals surface area contributed by atoms with E-state index in [4.69, 9.17) is 24.4 Å². The van der Waals surface area contributed by atoms with E-state index in [2.05, 4.69) is 66.7 Å². The number of thiazole rings is 1. The quantitative estimate of drug-likeness (QED) is 0.192. The molecule has 0 spiro atoms. The Kier molecular flexibility index (Phi) is 5.85. The number of rotatable bonds is 4. The molecule has 0 aliphatic heterocycles. The number of furan rings is 1. The standard InChI is InChI=1S/C40H22N4OS2/c1-2-11-23(12-3-1)37-42-38(27-16-10-21-32-34(27)26-13-4-6-20-31(26)45-32)44-39(43-37)28-17-8-14-24-25-15-9-18-29(36(25)47-35(24)28)40-41-30-19-5-7-22-33(30)46-40/h1-22H. The summed E-state index contributed by atoms with van der Waals surface area (Å²) in [6.45, 7) is 0. The Balaban J connectivity index is 1.23. The Hall–Kier alpha value is -5.76. The van der Waals surface area contributed by atoms with Crippen LogP contribution >= 0.6 is 22.7 Å². The summed E-state index contributed by atoms with van der Waals surface area (Å²) in [7, 11) is 0. The molecular weight excluding hydrogens is 617 g/mol. The fourth-order valence-electron chi connectivity index (χ4n) is 6.45. The van der Waals surface area contributed by atoms with Crippen molar-refractivity contribution < 1.29 is 4.42 Å². The molecule has 5 nitrogen and oxygen atoms in total. The molecule has 220 valence electrons. The number of hydrogen-bond donors (Lipinski definition) is 0. The summed E-state index contributed by atoms with van der Waals surface area (Å²) in [6, 6.07) is 45.6. The molecule has 0 N–H and O–H groups in total. The van der Waals surface area contributed by atoms with E-state index in [9.17, 15) is 0 Å². The van der Waals surface area contributed by atoms with Gasteiger partial charge < -0.3 is 4.42 Å². The van der Waals surface area contributed by atoms with Gasteiger partial charge in [0.1, 0.15) is 16.2 Å². The third-order valence-electron chi connectivity index (χ3n) is 8.60. The monoisotopic (exact) mass is 638 g/mol. The lowest BCUT2D eigenvalue weighted by molar-refractivity contribution is 0.669. The van der Waals surface area contributed by atoms with Crippen LogP contribution < -0.4 is 0 Å². The lowest BCUT2D eigenvalue weighted by atomic mass is 10.0. The lowest BCUT2D eigenvalue weighted by Crippen LogP contribution is -2.00. The van der Waals surface area contributed by atoms with Gasteiger partial charge in [0, 0.05) is 53.2 Å². The molecule has 47 heavy (non-hydrogen) atoms. The zero-order valence-electron chi connectivity index (χ0n) is 24.7. The second-order valence-electron chi connectivity index (χ2n) is 11.4. The minimum Gasteiger partial charge on any atom is -0.456 e. The average molecular weight is 639 g/mol. The van der Waals surface area contributed by atoms with Gasteiger partial charge in [-0.3, -0.25) is 0 Å². The first-order valence-corrected chi connectivity index (χ1v) is 16.9. The van der Waals surface area contributed by atoms with Crippen LogP contribution in [0.15, 0.2) is 138 Å². The van der Waals surface area contributed by atoms with Crippen LogP contribution in [0.5, 0.6) is 0 Å². The van der Waals surface area contributed by atoms with Gasteiger partial charge in [-0.2, -0.15) is 0 Å². The maximum Gasteiger partial charge on any atom is 0.165 e. The van der Waals surface area contributed by atoms with Crippen molar-refractivity contribution in [1.82, 2.24) is 19.9 Å². The first kappa shape index (κ1) is 26.5. The van der Waals surface area contributed by atoms with E-state index in [-0.39, 0.29) is 0 Å². The predicted octanol–water partition coefficient (Wildman–Crippen LogP) is 11.4. The molecule has 0 aliphatic carbocycles. The minimum absolute atomic E-state index is 0.610. The highest BCUT2D eigenvalue weighted by Gasteiger charge is 2.21. The van der Waals surface area contributed by atoms with E-state index in [1.807, 2.05) is 66.7 Å². The van der Waals surface area contributed by atoms with E-state index in [1.54, 1.807) is 22.7 Å². The molecule has 0 fully saturated rings. The summed E-state index contributed by atoms with van der Waals surface area (Å²) < 4.78 is 9.76. The third-order valence-corrected chi connectivity index (χ3v) is 11.0. The van der Waals surface area contributed by atoms with Crippen molar-refractivity contribution in [3.05, 3.63) is 133 Å². The maximum atomic E-state index is 6.23. The molecule has 4 aromatic heterocycles. The topological polar surface area (TPSA) is 64.7 Å². The number of para-hydroxylation sites is 2. The average Bonchev–Trinajstić information content (AvgIpc) is 3.85. The summed E-state index contributed by atoms with van der Waals surface area (Å²) in [5.74, 6) is 1.88. The SMILES string of the molecule is c1ccc(-c2nc(-c3cccc4c3sc3c(-c5nc6ccccc6s5)cccc34)nc(-c3cccc4oc5ccccc5c34)n2)cc1. The molecule has 0 radical (unpaired) electrons. The smallest absolute Gasteiger partial charge is 0.165 e. The fourth-order valence-corrected chi connectivity index (χ4v) is 8.83. The van der Waals surface area contributed by atoms with Crippen LogP contribution in [-0.4, -0.2) is 19.9 Å². The van der Waals surface area contributed by atoms with Gasteiger partial charge in [0.2, 0.25) is 0 Å². The first-order chi connectivity index (χ1) is 23.3. The summed E-state index contributed by atoms with van der Waals surface area (Å²) in [4.78, 5) is 20.4. The Morgan fingerprint density at radius 2 is 1.04 bits per heavy atom. The molecule has 0 unspecified atom stereocenters. The Labute approximate surface area is 276 Å². The van der Waals surface area contributed by atoms with Gasteiger partial charge >= 0.3 is 0 Å². The number of thiophene rings is 1. The molecule has 0 amide bonds. The van der Waals surface area contributed by atoms with Crippen molar-refractivity contribution in [2.75, 3.05) is 0 Å². The van der Waals surface area contributed by atoms with E-state index in [1.165, 1.54) is 20.2 Å². The second-order valence-corrected chi connectivity index (χ2v) is 13.5. The van der Waals surface area contributed by atoms with E-state index < -0.39 is 0 Å². The highest BCUT2D eigenvalue weighted by atomic mass is 32.1. The summed E-state index contributed by atoms with van der Waals surface area (Å²) >= 11 is 3.51. The van der Waals surface area contributed by atoms with Crippen LogP contribution in [0, 0.1) is 0 Å².